The van der Waals surface area contributed by atoms with Gasteiger partial charge in [-0.2, -0.15) is 0 Å². The molecule has 1 amide bonds. The third-order valence-corrected chi connectivity index (χ3v) is 17.4. The molecule has 0 aromatic rings. The number of carbonyl (C=O) groups excluding carboxylic acids is 2. The zero-order chi connectivity index (χ0) is 62.8. The lowest BCUT2D eigenvalue weighted by Gasteiger charge is -2.27. The Balaban J connectivity index is 5.00. The average Bonchev–Trinajstić information content (AvgIpc) is 3.67. The number of esters is 1. The third-order valence-electron chi connectivity index (χ3n) is 16.4. The summed E-state index contributed by atoms with van der Waals surface area (Å²) >= 11 is 0. The van der Waals surface area contributed by atoms with E-state index in [0.717, 1.165) is 77.0 Å². The largest absolute Gasteiger partial charge is 0.472 e. The zero-order valence-corrected chi connectivity index (χ0v) is 58.5. The molecule has 0 rings (SSSR count). The molecule has 502 valence electrons. The number of nitrogens with one attached hydrogen (secondary N) is 1. The van der Waals surface area contributed by atoms with Crippen LogP contribution < -0.4 is 5.32 Å². The first-order valence-corrected chi connectivity index (χ1v) is 38.3. The summed E-state index contributed by atoms with van der Waals surface area (Å²) in [6.07, 6.45) is 86.3. The predicted molar refractivity (Wildman–Crippen MR) is 374 cm³/mol. The summed E-state index contributed by atoms with van der Waals surface area (Å²) in [4.78, 5) is 37.9. The number of unbranched alkanes of at least 4 members (excludes halogenated alkanes) is 41. The molecule has 0 aliphatic heterocycles. The number of allylic oxidation sites excluding steroid dienone is 11. The summed E-state index contributed by atoms with van der Waals surface area (Å²) in [5.41, 5.74) is 0. The number of phosphoric ester groups is 1. The second-order valence-electron chi connectivity index (χ2n) is 26.1. The van der Waals surface area contributed by atoms with Crippen molar-refractivity contribution in [3.63, 3.8) is 0 Å². The van der Waals surface area contributed by atoms with Gasteiger partial charge in [-0.05, 0) is 102 Å². The van der Waals surface area contributed by atoms with Gasteiger partial charge in [-0.3, -0.25) is 18.6 Å². The summed E-state index contributed by atoms with van der Waals surface area (Å²) in [6.45, 7) is 7.00. The van der Waals surface area contributed by atoms with Gasteiger partial charge in [0.15, 0.2) is 0 Å². The van der Waals surface area contributed by atoms with Gasteiger partial charge in [0, 0.05) is 12.8 Å². The fourth-order valence-corrected chi connectivity index (χ4v) is 11.4. The molecule has 0 heterocycles. The lowest BCUT2D eigenvalue weighted by molar-refractivity contribution is -0.870. The lowest BCUT2D eigenvalue weighted by atomic mass is 10.0. The topological polar surface area (TPSA) is 111 Å². The molecule has 0 aliphatic rings. The first-order valence-electron chi connectivity index (χ1n) is 36.8. The van der Waals surface area contributed by atoms with Crippen LogP contribution in [0.4, 0.5) is 0 Å². The van der Waals surface area contributed by atoms with Gasteiger partial charge in [0.05, 0.1) is 33.8 Å². The molecule has 0 spiro atoms. The van der Waals surface area contributed by atoms with Gasteiger partial charge in [0.1, 0.15) is 19.3 Å². The van der Waals surface area contributed by atoms with E-state index in [9.17, 15) is 19.0 Å². The highest BCUT2D eigenvalue weighted by atomic mass is 31.2. The fourth-order valence-electron chi connectivity index (χ4n) is 10.7. The molecule has 0 aromatic heterocycles. The summed E-state index contributed by atoms with van der Waals surface area (Å²) in [5.74, 6) is -0.497. The van der Waals surface area contributed by atoms with Crippen molar-refractivity contribution in [2.75, 3.05) is 40.9 Å². The Morgan fingerprint density at radius 3 is 1.08 bits per heavy atom. The summed E-state index contributed by atoms with van der Waals surface area (Å²) < 4.78 is 30.9. The quantitative estimate of drug-likeness (QED) is 0.0205. The number of hydrogen-bond donors (Lipinski definition) is 2. The van der Waals surface area contributed by atoms with Gasteiger partial charge in [-0.15, -0.1) is 0 Å². The molecular formula is C76H142N2O7P+. The summed E-state index contributed by atoms with van der Waals surface area (Å²) in [5, 5.41) is 3.08. The number of nitrogens with zero attached hydrogens (tertiary/aromatic N) is 1. The molecule has 3 atom stereocenters. The molecule has 10 heteroatoms. The minimum atomic E-state index is -4.46. The van der Waals surface area contributed by atoms with Gasteiger partial charge < -0.3 is 19.4 Å². The van der Waals surface area contributed by atoms with E-state index in [1.165, 1.54) is 238 Å². The Labute approximate surface area is 533 Å². The molecule has 0 aliphatic carbocycles. The van der Waals surface area contributed by atoms with Crippen molar-refractivity contribution in [1.29, 1.82) is 0 Å². The number of quaternary nitrogens is 1. The van der Waals surface area contributed by atoms with Crippen LogP contribution in [0.5, 0.6) is 0 Å². The SMILES string of the molecule is CCCCC/C=C\C/C=C\C/C=C\CCCCCCCCCCCCCCCCC(=O)NC(COP(=O)(O)OCC[N+](C)(C)C)C(/C=C\CCCCCCCCCCCC)OC(=O)CCCCCCCCCCCCC/C=C\C/C=C\CCCCC. The van der Waals surface area contributed by atoms with E-state index < -0.39 is 20.0 Å². The highest BCUT2D eigenvalue weighted by Crippen LogP contribution is 2.43. The maximum atomic E-state index is 13.6. The molecule has 86 heavy (non-hydrogen) atoms. The van der Waals surface area contributed by atoms with Crippen LogP contribution >= 0.6 is 7.82 Å². The summed E-state index contributed by atoms with van der Waals surface area (Å²) in [7, 11) is 1.50. The first-order chi connectivity index (χ1) is 41.9. The average molecular weight is 1230 g/mol. The molecule has 9 nitrogen and oxygen atoms in total. The van der Waals surface area contributed by atoms with Gasteiger partial charge >= 0.3 is 13.8 Å². The predicted octanol–water partition coefficient (Wildman–Crippen LogP) is 23.5. The van der Waals surface area contributed by atoms with Crippen molar-refractivity contribution >= 4 is 19.7 Å². The molecule has 0 fully saturated rings. The second kappa shape index (κ2) is 65.4. The van der Waals surface area contributed by atoms with Crippen molar-refractivity contribution < 1.29 is 37.3 Å². The van der Waals surface area contributed by atoms with E-state index in [2.05, 4.69) is 86.8 Å². The molecule has 3 unspecified atom stereocenters. The molecule has 0 radical (unpaired) electrons. The van der Waals surface area contributed by atoms with Crippen LogP contribution in [0.3, 0.4) is 0 Å². The normalized spacial score (nSPS) is 13.9. The summed E-state index contributed by atoms with van der Waals surface area (Å²) in [6, 6.07) is -0.852. The maximum absolute atomic E-state index is 13.6. The first kappa shape index (κ1) is 83.5. The van der Waals surface area contributed by atoms with E-state index in [-0.39, 0.29) is 31.5 Å². The van der Waals surface area contributed by atoms with E-state index in [1.807, 2.05) is 33.3 Å². The molecule has 2 N–H and O–H groups in total. The minimum Gasteiger partial charge on any atom is -0.456 e. The number of ether oxygens (including phenoxy) is 1. The molecule has 0 saturated heterocycles. The van der Waals surface area contributed by atoms with Crippen LogP contribution in [0, 0.1) is 0 Å². The Morgan fingerprint density at radius 2 is 0.709 bits per heavy atom. The van der Waals surface area contributed by atoms with Crippen molar-refractivity contribution in [2.45, 2.75) is 360 Å². The maximum Gasteiger partial charge on any atom is 0.472 e. The van der Waals surface area contributed by atoms with Crippen LogP contribution in [-0.2, 0) is 27.9 Å². The highest BCUT2D eigenvalue weighted by molar-refractivity contribution is 7.47. The van der Waals surface area contributed by atoms with Crippen LogP contribution in [-0.4, -0.2) is 74.3 Å². The van der Waals surface area contributed by atoms with E-state index in [0.29, 0.717) is 17.4 Å². The van der Waals surface area contributed by atoms with Crippen LogP contribution in [0.2, 0.25) is 0 Å². The Hall–Kier alpha value is -2.55. The van der Waals surface area contributed by atoms with Gasteiger partial charge in [-0.25, -0.2) is 4.57 Å². The highest BCUT2D eigenvalue weighted by Gasteiger charge is 2.30. The minimum absolute atomic E-state index is 0.0392. The van der Waals surface area contributed by atoms with Crippen LogP contribution in [0.1, 0.15) is 348 Å². The number of amides is 1. The number of hydrogen-bond acceptors (Lipinski definition) is 6. The van der Waals surface area contributed by atoms with E-state index in [4.69, 9.17) is 13.8 Å². The Bertz CT molecular complexity index is 1700. The third kappa shape index (κ3) is 65.9. The fraction of sp³-hybridized carbons (Fsp3) is 0.816. The van der Waals surface area contributed by atoms with E-state index >= 15 is 0 Å². The Morgan fingerprint density at radius 1 is 0.407 bits per heavy atom. The number of carbonyl (C=O) groups is 2. The second-order valence-corrected chi connectivity index (χ2v) is 27.6. The Kier molecular flexibility index (Phi) is 63.5. The van der Waals surface area contributed by atoms with Gasteiger partial charge in [0.2, 0.25) is 5.91 Å². The van der Waals surface area contributed by atoms with Crippen molar-refractivity contribution in [2.24, 2.45) is 0 Å². The van der Waals surface area contributed by atoms with Crippen molar-refractivity contribution in [3.05, 3.63) is 72.9 Å². The lowest BCUT2D eigenvalue weighted by Crippen LogP contribution is -2.47. The molecule has 0 bridgehead atoms. The van der Waals surface area contributed by atoms with E-state index in [1.54, 1.807) is 0 Å². The smallest absolute Gasteiger partial charge is 0.456 e. The molecule has 0 aromatic carbocycles. The monoisotopic (exact) mass is 1230 g/mol. The van der Waals surface area contributed by atoms with Gasteiger partial charge in [-0.1, -0.05) is 306 Å². The zero-order valence-electron chi connectivity index (χ0n) is 57.6. The standard InChI is InChI=1S/C76H141N2O7P/c1-7-10-13-16-19-22-25-28-30-32-34-36-37-38-39-40-41-43-44-46-48-50-53-56-59-62-65-68-75(79)77-73(72-84-86(81,82)83-71-70-78(4,5)6)74(67-64-61-58-55-52-27-24-21-18-15-12-9-3)85-76(80)69-66-63-60-57-54-51-49-47-45-42-35-33-31-29-26-23-20-17-14-11-8-2/h19-20,22-23,28-31,34,36,64,67,73-74H,7-18,21,24-27,32-33,35,37-63,65-66,68-72H2,1-6H3,(H-,77,79,81,82)/p+1/b22-19-,23-20-,30-28-,31-29-,36-34-,67-64-. The number of likely N-dealkylation sites (N-methyl/N-ethyl adjacent to an activating group) is 1. The van der Waals surface area contributed by atoms with Crippen molar-refractivity contribution in [3.8, 4) is 0 Å². The number of rotatable bonds is 67. The van der Waals surface area contributed by atoms with Crippen molar-refractivity contribution in [1.82, 2.24) is 5.32 Å². The van der Waals surface area contributed by atoms with Crippen LogP contribution in [0.15, 0.2) is 72.9 Å². The van der Waals surface area contributed by atoms with Crippen LogP contribution in [0.25, 0.3) is 0 Å². The van der Waals surface area contributed by atoms with Gasteiger partial charge in [0.25, 0.3) is 0 Å². The molecular weight excluding hydrogens is 1080 g/mol. The molecule has 0 saturated carbocycles. The number of phosphoric acid groups is 1.